The Bertz CT molecular complexity index is 203. The molecule has 0 amide bonds. The molecule has 2 saturated carbocycles. The standard InChI is InChI=1S/C13H22O/c14-13(9-5-2-6-10-13)11-12-7-3-1-4-8-12/h11,14H,1-10H2. The van der Waals surface area contributed by atoms with Crippen LogP contribution in [0.25, 0.3) is 0 Å². The van der Waals surface area contributed by atoms with Crippen LogP contribution in [0.1, 0.15) is 64.2 Å². The minimum absolute atomic E-state index is 0.426. The fourth-order valence-corrected chi connectivity index (χ4v) is 2.84. The molecule has 14 heavy (non-hydrogen) atoms. The summed E-state index contributed by atoms with van der Waals surface area (Å²) in [5, 5.41) is 10.3. The normalized spacial score (nSPS) is 27.4. The second kappa shape index (κ2) is 4.48. The van der Waals surface area contributed by atoms with E-state index in [9.17, 15) is 5.11 Å². The second-order valence-corrected chi connectivity index (χ2v) is 5.03. The first-order chi connectivity index (χ1) is 6.79. The summed E-state index contributed by atoms with van der Waals surface area (Å²) in [6.07, 6.45) is 14.5. The average Bonchev–Trinajstić information content (AvgIpc) is 2.19. The minimum Gasteiger partial charge on any atom is -0.386 e. The summed E-state index contributed by atoms with van der Waals surface area (Å²) in [6.45, 7) is 0. The minimum atomic E-state index is -0.426. The Morgan fingerprint density at radius 1 is 0.857 bits per heavy atom. The van der Waals surface area contributed by atoms with Gasteiger partial charge in [-0.05, 0) is 38.5 Å². The van der Waals surface area contributed by atoms with Gasteiger partial charge in [0.2, 0.25) is 0 Å². The van der Waals surface area contributed by atoms with Crippen molar-refractivity contribution in [1.82, 2.24) is 0 Å². The summed E-state index contributed by atoms with van der Waals surface area (Å²) in [7, 11) is 0. The van der Waals surface area contributed by atoms with E-state index in [1.165, 1.54) is 56.9 Å². The topological polar surface area (TPSA) is 20.2 Å². The molecule has 0 aromatic rings. The molecule has 0 atom stereocenters. The highest BCUT2D eigenvalue weighted by atomic mass is 16.3. The molecule has 80 valence electrons. The lowest BCUT2D eigenvalue weighted by Gasteiger charge is -2.30. The summed E-state index contributed by atoms with van der Waals surface area (Å²) in [5.41, 5.74) is 1.10. The first-order valence-corrected chi connectivity index (χ1v) is 6.22. The van der Waals surface area contributed by atoms with Crippen LogP contribution in [0.4, 0.5) is 0 Å². The van der Waals surface area contributed by atoms with Crippen LogP contribution in [0.5, 0.6) is 0 Å². The molecule has 0 aromatic heterocycles. The van der Waals surface area contributed by atoms with Crippen LogP contribution in [-0.4, -0.2) is 10.7 Å². The van der Waals surface area contributed by atoms with E-state index >= 15 is 0 Å². The van der Waals surface area contributed by atoms with Crippen LogP contribution in [0.3, 0.4) is 0 Å². The van der Waals surface area contributed by atoms with Crippen molar-refractivity contribution < 1.29 is 5.11 Å². The first kappa shape index (κ1) is 10.2. The lowest BCUT2D eigenvalue weighted by atomic mass is 9.81. The Labute approximate surface area is 87.2 Å². The molecule has 2 aliphatic rings. The lowest BCUT2D eigenvalue weighted by Crippen LogP contribution is -2.29. The number of hydrogen-bond donors (Lipinski definition) is 1. The lowest BCUT2D eigenvalue weighted by molar-refractivity contribution is 0.0500. The van der Waals surface area contributed by atoms with Gasteiger partial charge in [0.1, 0.15) is 0 Å². The van der Waals surface area contributed by atoms with E-state index in [0.29, 0.717) is 0 Å². The summed E-state index contributed by atoms with van der Waals surface area (Å²) in [5.74, 6) is 0. The molecular formula is C13H22O. The number of rotatable bonds is 1. The molecule has 0 aromatic carbocycles. The van der Waals surface area contributed by atoms with E-state index in [0.717, 1.165) is 12.8 Å². The van der Waals surface area contributed by atoms with Gasteiger partial charge in [0.05, 0.1) is 5.60 Å². The van der Waals surface area contributed by atoms with Crippen LogP contribution < -0.4 is 0 Å². The van der Waals surface area contributed by atoms with Gasteiger partial charge in [0, 0.05) is 0 Å². The van der Waals surface area contributed by atoms with Gasteiger partial charge in [-0.1, -0.05) is 37.3 Å². The fraction of sp³-hybridized carbons (Fsp3) is 0.846. The van der Waals surface area contributed by atoms with Crippen LogP contribution in [0.15, 0.2) is 11.6 Å². The third-order valence-electron chi connectivity index (χ3n) is 3.69. The van der Waals surface area contributed by atoms with Crippen molar-refractivity contribution in [2.24, 2.45) is 0 Å². The third-order valence-corrected chi connectivity index (χ3v) is 3.69. The van der Waals surface area contributed by atoms with Crippen molar-refractivity contribution in [3.8, 4) is 0 Å². The van der Waals surface area contributed by atoms with Crippen molar-refractivity contribution in [3.05, 3.63) is 11.6 Å². The van der Waals surface area contributed by atoms with Crippen molar-refractivity contribution in [3.63, 3.8) is 0 Å². The van der Waals surface area contributed by atoms with Crippen LogP contribution in [0, 0.1) is 0 Å². The molecule has 2 rings (SSSR count). The van der Waals surface area contributed by atoms with E-state index in [1.807, 2.05) is 0 Å². The molecule has 1 nitrogen and oxygen atoms in total. The fourth-order valence-electron chi connectivity index (χ4n) is 2.84. The largest absolute Gasteiger partial charge is 0.386 e. The highest BCUT2D eigenvalue weighted by Crippen LogP contribution is 2.33. The van der Waals surface area contributed by atoms with Gasteiger partial charge in [-0.2, -0.15) is 0 Å². The second-order valence-electron chi connectivity index (χ2n) is 5.03. The zero-order valence-electron chi connectivity index (χ0n) is 9.10. The molecule has 2 aliphatic carbocycles. The monoisotopic (exact) mass is 194 g/mol. The van der Waals surface area contributed by atoms with Crippen molar-refractivity contribution in [1.29, 1.82) is 0 Å². The smallest absolute Gasteiger partial charge is 0.0830 e. The molecule has 1 N–H and O–H groups in total. The van der Waals surface area contributed by atoms with E-state index in [2.05, 4.69) is 6.08 Å². The Hall–Kier alpha value is -0.300. The summed E-state index contributed by atoms with van der Waals surface area (Å²) in [6, 6.07) is 0. The van der Waals surface area contributed by atoms with Crippen LogP contribution >= 0.6 is 0 Å². The van der Waals surface area contributed by atoms with Gasteiger partial charge in [0.25, 0.3) is 0 Å². The maximum Gasteiger partial charge on any atom is 0.0830 e. The van der Waals surface area contributed by atoms with Gasteiger partial charge in [-0.25, -0.2) is 0 Å². The SMILES string of the molecule is OC1(C=C2CCCCC2)CCCCC1. The highest BCUT2D eigenvalue weighted by molar-refractivity contribution is 5.13. The third kappa shape index (κ3) is 2.60. The Kier molecular flexibility index (Phi) is 3.27. The van der Waals surface area contributed by atoms with E-state index in [4.69, 9.17) is 0 Å². The zero-order chi connectivity index (χ0) is 9.86. The molecule has 0 unspecified atom stereocenters. The highest BCUT2D eigenvalue weighted by Gasteiger charge is 2.27. The van der Waals surface area contributed by atoms with Crippen LogP contribution in [-0.2, 0) is 0 Å². The molecule has 0 heterocycles. The Morgan fingerprint density at radius 3 is 2.07 bits per heavy atom. The molecule has 0 spiro atoms. The summed E-state index contributed by atoms with van der Waals surface area (Å²) in [4.78, 5) is 0. The Balaban J connectivity index is 1.98. The number of allylic oxidation sites excluding steroid dienone is 1. The molecular weight excluding hydrogens is 172 g/mol. The summed E-state index contributed by atoms with van der Waals surface area (Å²) >= 11 is 0. The van der Waals surface area contributed by atoms with Crippen LogP contribution in [0.2, 0.25) is 0 Å². The maximum absolute atomic E-state index is 10.3. The summed E-state index contributed by atoms with van der Waals surface area (Å²) < 4.78 is 0. The predicted molar refractivity (Wildman–Crippen MR) is 59.2 cm³/mol. The van der Waals surface area contributed by atoms with Crippen molar-refractivity contribution in [2.75, 3.05) is 0 Å². The van der Waals surface area contributed by atoms with Gasteiger partial charge >= 0.3 is 0 Å². The molecule has 0 aliphatic heterocycles. The predicted octanol–water partition coefficient (Wildman–Crippen LogP) is 3.57. The average molecular weight is 194 g/mol. The Morgan fingerprint density at radius 2 is 1.43 bits per heavy atom. The maximum atomic E-state index is 10.3. The van der Waals surface area contributed by atoms with Crippen molar-refractivity contribution in [2.45, 2.75) is 69.8 Å². The molecule has 1 heteroatoms. The molecule has 2 fully saturated rings. The quantitative estimate of drug-likeness (QED) is 0.633. The van der Waals surface area contributed by atoms with E-state index < -0.39 is 5.60 Å². The van der Waals surface area contributed by atoms with Gasteiger partial charge in [-0.15, -0.1) is 0 Å². The van der Waals surface area contributed by atoms with Crippen molar-refractivity contribution >= 4 is 0 Å². The molecule has 0 bridgehead atoms. The van der Waals surface area contributed by atoms with E-state index in [1.54, 1.807) is 0 Å². The van der Waals surface area contributed by atoms with Gasteiger partial charge in [0.15, 0.2) is 0 Å². The number of aliphatic hydroxyl groups is 1. The zero-order valence-corrected chi connectivity index (χ0v) is 9.10. The van der Waals surface area contributed by atoms with Gasteiger partial charge in [-0.3, -0.25) is 0 Å². The first-order valence-electron chi connectivity index (χ1n) is 6.22. The van der Waals surface area contributed by atoms with Gasteiger partial charge < -0.3 is 5.11 Å². The molecule has 0 saturated heterocycles. The number of hydrogen-bond acceptors (Lipinski definition) is 1. The van der Waals surface area contributed by atoms with E-state index in [-0.39, 0.29) is 0 Å². The molecule has 0 radical (unpaired) electrons.